The number of ether oxygens (including phenoxy) is 2. The first-order chi connectivity index (χ1) is 13.2. The van der Waals surface area contributed by atoms with Crippen molar-refractivity contribution in [1.29, 1.82) is 5.26 Å². The predicted octanol–water partition coefficient (Wildman–Crippen LogP) is 4.67. The van der Waals surface area contributed by atoms with Crippen LogP contribution in [0.2, 0.25) is 0 Å². The molecule has 0 bridgehead atoms. The van der Waals surface area contributed by atoms with Gasteiger partial charge in [0.05, 0.1) is 12.2 Å². The number of carbonyl (C=O) groups excluding carboxylic acids is 2. The zero-order valence-electron chi connectivity index (χ0n) is 16.5. The highest BCUT2D eigenvalue weighted by Crippen LogP contribution is 2.23. The number of nitriles is 1. The van der Waals surface area contributed by atoms with Crippen LogP contribution in [0.15, 0.2) is 54.1 Å². The van der Waals surface area contributed by atoms with Crippen molar-refractivity contribution >= 4 is 18.0 Å². The highest BCUT2D eigenvalue weighted by atomic mass is 16.5. The van der Waals surface area contributed by atoms with Crippen LogP contribution >= 0.6 is 0 Å². The molecular formula is C23H23NO4. The van der Waals surface area contributed by atoms with Crippen LogP contribution in [0.3, 0.4) is 0 Å². The Labute approximate surface area is 165 Å². The minimum atomic E-state index is -0.667. The number of rotatable bonds is 5. The van der Waals surface area contributed by atoms with Gasteiger partial charge in [-0.05, 0) is 53.8 Å². The first-order valence-corrected chi connectivity index (χ1v) is 8.96. The first-order valence-electron chi connectivity index (χ1n) is 8.96. The number of esters is 2. The lowest BCUT2D eigenvalue weighted by molar-refractivity contribution is -0.137. The Balaban J connectivity index is 2.09. The third kappa shape index (κ3) is 5.55. The van der Waals surface area contributed by atoms with Crippen molar-refractivity contribution < 1.29 is 19.1 Å². The van der Waals surface area contributed by atoms with Crippen LogP contribution in [0.25, 0.3) is 6.08 Å². The minimum absolute atomic E-state index is 0.0115. The van der Waals surface area contributed by atoms with E-state index in [9.17, 15) is 9.59 Å². The maximum Gasteiger partial charge on any atom is 0.348 e. The van der Waals surface area contributed by atoms with E-state index in [4.69, 9.17) is 14.7 Å². The third-order valence-electron chi connectivity index (χ3n) is 4.00. The van der Waals surface area contributed by atoms with Crippen LogP contribution in [-0.4, -0.2) is 18.5 Å². The average molecular weight is 377 g/mol. The summed E-state index contributed by atoms with van der Waals surface area (Å²) in [5, 5.41) is 9.07. The van der Waals surface area contributed by atoms with Gasteiger partial charge in [-0.15, -0.1) is 0 Å². The molecule has 0 spiro atoms. The average Bonchev–Trinajstić information content (AvgIpc) is 2.67. The quantitative estimate of drug-likeness (QED) is 0.327. The second kappa shape index (κ2) is 9.01. The Morgan fingerprint density at radius 1 is 1.04 bits per heavy atom. The minimum Gasteiger partial charge on any atom is -0.462 e. The molecule has 0 aromatic heterocycles. The van der Waals surface area contributed by atoms with Gasteiger partial charge in [-0.2, -0.15) is 5.26 Å². The van der Waals surface area contributed by atoms with Crippen LogP contribution in [0, 0.1) is 11.3 Å². The molecule has 144 valence electrons. The predicted molar refractivity (Wildman–Crippen MR) is 107 cm³/mol. The standard InChI is InChI=1S/C23H23NO4/c1-5-27-21(25)18(15-24)14-16-6-12-20(13-7-16)28-22(26)17-8-10-19(11-9-17)23(2,3)4/h6-14H,5H2,1-4H3/b18-14+. The fraction of sp³-hybridized carbons (Fsp3) is 0.261. The number of carbonyl (C=O) groups is 2. The van der Waals surface area contributed by atoms with E-state index in [1.807, 2.05) is 18.2 Å². The second-order valence-electron chi connectivity index (χ2n) is 7.18. The molecule has 0 aliphatic carbocycles. The van der Waals surface area contributed by atoms with Crippen molar-refractivity contribution in [2.24, 2.45) is 0 Å². The van der Waals surface area contributed by atoms with Crippen molar-refractivity contribution in [2.45, 2.75) is 33.1 Å². The summed E-state index contributed by atoms with van der Waals surface area (Å²) in [6.07, 6.45) is 1.43. The maximum atomic E-state index is 12.3. The van der Waals surface area contributed by atoms with E-state index in [2.05, 4.69) is 20.8 Å². The molecular weight excluding hydrogens is 354 g/mol. The van der Waals surface area contributed by atoms with Crippen molar-refractivity contribution in [3.05, 3.63) is 70.8 Å². The largest absolute Gasteiger partial charge is 0.462 e. The van der Waals surface area contributed by atoms with Crippen LogP contribution in [0.4, 0.5) is 0 Å². The van der Waals surface area contributed by atoms with E-state index in [0.717, 1.165) is 5.56 Å². The fourth-order valence-corrected chi connectivity index (χ4v) is 2.42. The second-order valence-corrected chi connectivity index (χ2v) is 7.18. The molecule has 0 saturated carbocycles. The Bertz CT molecular complexity index is 911. The van der Waals surface area contributed by atoms with Gasteiger partial charge in [-0.3, -0.25) is 0 Å². The molecule has 0 radical (unpaired) electrons. The van der Waals surface area contributed by atoms with Gasteiger partial charge in [0.2, 0.25) is 0 Å². The van der Waals surface area contributed by atoms with E-state index in [-0.39, 0.29) is 17.6 Å². The smallest absolute Gasteiger partial charge is 0.348 e. The molecule has 2 aromatic rings. The Morgan fingerprint density at radius 3 is 2.14 bits per heavy atom. The van der Waals surface area contributed by atoms with Crippen LogP contribution in [0.1, 0.15) is 49.2 Å². The maximum absolute atomic E-state index is 12.3. The molecule has 0 unspecified atom stereocenters. The van der Waals surface area contributed by atoms with Gasteiger partial charge in [0.25, 0.3) is 0 Å². The lowest BCUT2D eigenvalue weighted by Crippen LogP contribution is -2.12. The molecule has 28 heavy (non-hydrogen) atoms. The van der Waals surface area contributed by atoms with Gasteiger partial charge in [0, 0.05) is 0 Å². The molecule has 5 nitrogen and oxygen atoms in total. The summed E-state index contributed by atoms with van der Waals surface area (Å²) >= 11 is 0. The summed E-state index contributed by atoms with van der Waals surface area (Å²) in [7, 11) is 0. The fourth-order valence-electron chi connectivity index (χ4n) is 2.42. The highest BCUT2D eigenvalue weighted by Gasteiger charge is 2.15. The molecule has 0 aliphatic heterocycles. The van der Waals surface area contributed by atoms with E-state index in [1.54, 1.807) is 43.3 Å². The van der Waals surface area contributed by atoms with Crippen LogP contribution < -0.4 is 4.74 Å². The Morgan fingerprint density at radius 2 is 1.64 bits per heavy atom. The molecule has 0 fully saturated rings. The summed E-state index contributed by atoms with van der Waals surface area (Å²) in [5.74, 6) is -0.746. The first kappa shape index (κ1) is 20.9. The summed E-state index contributed by atoms with van der Waals surface area (Å²) in [5.41, 5.74) is 2.14. The van der Waals surface area contributed by atoms with Crippen molar-refractivity contribution in [3.63, 3.8) is 0 Å². The molecule has 5 heteroatoms. The van der Waals surface area contributed by atoms with Crippen molar-refractivity contribution in [3.8, 4) is 11.8 Å². The molecule has 0 aliphatic rings. The van der Waals surface area contributed by atoms with Crippen molar-refractivity contribution in [2.75, 3.05) is 6.61 Å². The summed E-state index contributed by atoms with van der Waals surface area (Å²) < 4.78 is 10.2. The molecule has 0 amide bonds. The van der Waals surface area contributed by atoms with E-state index >= 15 is 0 Å². The monoisotopic (exact) mass is 377 g/mol. The van der Waals surface area contributed by atoms with E-state index in [0.29, 0.717) is 16.9 Å². The molecule has 2 aromatic carbocycles. The van der Waals surface area contributed by atoms with Crippen LogP contribution in [-0.2, 0) is 14.9 Å². The Hall–Kier alpha value is -3.39. The summed E-state index contributed by atoms with van der Waals surface area (Å²) in [6.45, 7) is 8.19. The number of benzene rings is 2. The molecule has 0 N–H and O–H groups in total. The van der Waals surface area contributed by atoms with Gasteiger partial charge in [-0.25, -0.2) is 9.59 Å². The highest BCUT2D eigenvalue weighted by molar-refractivity contribution is 5.97. The Kier molecular flexibility index (Phi) is 6.73. The SMILES string of the molecule is CCOC(=O)/C(C#N)=C/c1ccc(OC(=O)c2ccc(C(C)(C)C)cc2)cc1. The summed E-state index contributed by atoms with van der Waals surface area (Å²) in [6, 6.07) is 15.7. The molecule has 0 saturated heterocycles. The molecule has 2 rings (SSSR count). The third-order valence-corrected chi connectivity index (χ3v) is 4.00. The molecule has 0 heterocycles. The van der Waals surface area contributed by atoms with Gasteiger partial charge in [0.1, 0.15) is 17.4 Å². The lowest BCUT2D eigenvalue weighted by atomic mass is 9.87. The molecule has 0 atom stereocenters. The zero-order valence-corrected chi connectivity index (χ0v) is 16.5. The van der Waals surface area contributed by atoms with Gasteiger partial charge in [-0.1, -0.05) is 45.0 Å². The van der Waals surface area contributed by atoms with Gasteiger partial charge >= 0.3 is 11.9 Å². The normalized spacial score (nSPS) is 11.5. The number of hydrogen-bond donors (Lipinski definition) is 0. The summed E-state index contributed by atoms with van der Waals surface area (Å²) in [4.78, 5) is 24.0. The van der Waals surface area contributed by atoms with E-state index in [1.165, 1.54) is 6.08 Å². The number of hydrogen-bond acceptors (Lipinski definition) is 5. The number of nitrogens with zero attached hydrogens (tertiary/aromatic N) is 1. The van der Waals surface area contributed by atoms with Gasteiger partial charge < -0.3 is 9.47 Å². The van der Waals surface area contributed by atoms with Gasteiger partial charge in [0.15, 0.2) is 0 Å². The topological polar surface area (TPSA) is 76.4 Å². The van der Waals surface area contributed by atoms with Crippen molar-refractivity contribution in [1.82, 2.24) is 0 Å². The zero-order chi connectivity index (χ0) is 20.7. The lowest BCUT2D eigenvalue weighted by Gasteiger charge is -2.18. The van der Waals surface area contributed by atoms with Crippen LogP contribution in [0.5, 0.6) is 5.75 Å². The van der Waals surface area contributed by atoms with E-state index < -0.39 is 11.9 Å².